The Balaban J connectivity index is 2.90. The average Bonchev–Trinajstić information content (AvgIpc) is 2.35. The minimum Gasteiger partial charge on any atom is -0.384 e. The number of carbonyl (C=O) groups excluding carboxylic acids is 1. The molecule has 0 fully saturated rings. The lowest BCUT2D eigenvalue weighted by Crippen LogP contribution is -2.31. The number of aliphatic hydroxyl groups excluding tert-OH is 1. The van der Waals surface area contributed by atoms with Crippen LogP contribution in [0.2, 0.25) is 0 Å². The lowest BCUT2D eigenvalue weighted by Gasteiger charge is -2.10. The summed E-state index contributed by atoms with van der Waals surface area (Å²) in [6, 6.07) is 3.77. The van der Waals surface area contributed by atoms with E-state index in [4.69, 9.17) is 5.11 Å². The molecule has 1 unspecified atom stereocenters. The van der Waals surface area contributed by atoms with Crippen molar-refractivity contribution >= 4 is 21.4 Å². The van der Waals surface area contributed by atoms with Gasteiger partial charge >= 0.3 is 0 Å². The molecule has 5 nitrogen and oxygen atoms in total. The molecule has 108 valence electrons. The zero-order valence-corrected chi connectivity index (χ0v) is 11.8. The van der Waals surface area contributed by atoms with Crippen LogP contribution in [0.1, 0.15) is 12.5 Å². The highest BCUT2D eigenvalue weighted by Crippen LogP contribution is 2.14. The molecule has 7 heteroatoms. The second-order valence-electron chi connectivity index (χ2n) is 4.12. The molecule has 0 saturated carbocycles. The highest BCUT2D eigenvalue weighted by Gasteiger charge is 2.23. The lowest BCUT2D eigenvalue weighted by molar-refractivity contribution is -0.115. The van der Waals surface area contributed by atoms with Crippen LogP contribution < -0.4 is 5.32 Å². The molecule has 0 heterocycles. The second-order valence-corrected chi connectivity index (χ2v) is 6.48. The lowest BCUT2D eigenvalue weighted by atomic mass is 10.2. The molecule has 1 rings (SSSR count). The molecular formula is C13H14FNO4S. The van der Waals surface area contributed by atoms with Crippen LogP contribution in [0.5, 0.6) is 0 Å². The Morgan fingerprint density at radius 2 is 2.15 bits per heavy atom. The summed E-state index contributed by atoms with van der Waals surface area (Å²) in [5.74, 6) is 3.30. The fourth-order valence-electron chi connectivity index (χ4n) is 1.27. The molecule has 0 spiro atoms. The number of hydrogen-bond acceptors (Lipinski definition) is 4. The largest absolute Gasteiger partial charge is 0.384 e. The van der Waals surface area contributed by atoms with Crippen molar-refractivity contribution < 1.29 is 22.7 Å². The van der Waals surface area contributed by atoms with Gasteiger partial charge in [-0.3, -0.25) is 4.79 Å². The summed E-state index contributed by atoms with van der Waals surface area (Å²) >= 11 is 0. The van der Waals surface area contributed by atoms with Crippen molar-refractivity contribution in [1.29, 1.82) is 0 Å². The number of rotatable bonds is 3. The smallest absolute Gasteiger partial charge is 0.242 e. The molecule has 0 saturated heterocycles. The molecule has 0 aliphatic heterocycles. The van der Waals surface area contributed by atoms with Gasteiger partial charge in [-0.1, -0.05) is 11.8 Å². The zero-order valence-electron chi connectivity index (χ0n) is 11.0. The van der Waals surface area contributed by atoms with E-state index in [0.29, 0.717) is 0 Å². The van der Waals surface area contributed by atoms with Crippen LogP contribution in [-0.2, 0) is 14.6 Å². The highest BCUT2D eigenvalue weighted by atomic mass is 32.2. The number of amides is 1. The van der Waals surface area contributed by atoms with Crippen LogP contribution in [0.15, 0.2) is 18.2 Å². The van der Waals surface area contributed by atoms with Gasteiger partial charge in [-0.15, -0.1) is 0 Å². The number of sulfone groups is 1. The van der Waals surface area contributed by atoms with E-state index in [2.05, 4.69) is 17.2 Å². The normalized spacial score (nSPS) is 12.2. The van der Waals surface area contributed by atoms with E-state index < -0.39 is 26.8 Å². The number of benzene rings is 1. The van der Waals surface area contributed by atoms with Crippen LogP contribution in [0.4, 0.5) is 10.1 Å². The van der Waals surface area contributed by atoms with Crippen molar-refractivity contribution in [3.05, 3.63) is 29.6 Å². The van der Waals surface area contributed by atoms with Crippen LogP contribution in [0, 0.1) is 17.7 Å². The van der Waals surface area contributed by atoms with Crippen molar-refractivity contribution in [3.63, 3.8) is 0 Å². The third kappa shape index (κ3) is 4.33. The number of carbonyl (C=O) groups is 1. The Morgan fingerprint density at radius 1 is 1.50 bits per heavy atom. The number of halogens is 1. The predicted molar refractivity (Wildman–Crippen MR) is 73.3 cm³/mol. The summed E-state index contributed by atoms with van der Waals surface area (Å²) in [7, 11) is -3.51. The quantitative estimate of drug-likeness (QED) is 0.798. The first-order chi connectivity index (χ1) is 9.25. The minimum atomic E-state index is -3.51. The van der Waals surface area contributed by atoms with Gasteiger partial charge in [-0.25, -0.2) is 12.8 Å². The Bertz CT molecular complexity index is 673. The average molecular weight is 299 g/mol. The summed E-state index contributed by atoms with van der Waals surface area (Å²) in [4.78, 5) is 11.7. The molecule has 20 heavy (non-hydrogen) atoms. The van der Waals surface area contributed by atoms with Gasteiger partial charge in [0, 0.05) is 11.9 Å². The van der Waals surface area contributed by atoms with E-state index in [-0.39, 0.29) is 17.9 Å². The molecule has 2 N–H and O–H groups in total. The van der Waals surface area contributed by atoms with Crippen LogP contribution >= 0.6 is 0 Å². The van der Waals surface area contributed by atoms with E-state index in [1.54, 1.807) is 0 Å². The van der Waals surface area contributed by atoms with E-state index >= 15 is 0 Å². The molecule has 0 aromatic heterocycles. The number of aliphatic hydroxyl groups is 1. The second kappa shape index (κ2) is 6.50. The van der Waals surface area contributed by atoms with Gasteiger partial charge in [0.15, 0.2) is 9.84 Å². The van der Waals surface area contributed by atoms with Gasteiger partial charge in [-0.2, -0.15) is 0 Å². The molecule has 0 bridgehead atoms. The maximum absolute atomic E-state index is 13.6. The van der Waals surface area contributed by atoms with Gasteiger partial charge < -0.3 is 10.4 Å². The van der Waals surface area contributed by atoms with Gasteiger partial charge in [0.05, 0.1) is 5.56 Å². The molecule has 0 aliphatic rings. The third-order valence-electron chi connectivity index (χ3n) is 2.55. The first-order valence-corrected chi connectivity index (χ1v) is 7.60. The summed E-state index contributed by atoms with van der Waals surface area (Å²) in [6.07, 6.45) is 0.950. The first-order valence-electron chi connectivity index (χ1n) is 5.64. The van der Waals surface area contributed by atoms with Gasteiger partial charge in [0.1, 0.15) is 17.7 Å². The zero-order chi connectivity index (χ0) is 15.3. The molecule has 0 radical (unpaired) electrons. The van der Waals surface area contributed by atoms with Crippen molar-refractivity contribution in [1.82, 2.24) is 0 Å². The van der Waals surface area contributed by atoms with Gasteiger partial charge in [0.25, 0.3) is 0 Å². The molecular weight excluding hydrogens is 285 g/mol. The van der Waals surface area contributed by atoms with Crippen LogP contribution in [0.3, 0.4) is 0 Å². The minimum absolute atomic E-state index is 0.0770. The van der Waals surface area contributed by atoms with Crippen molar-refractivity contribution in [2.45, 2.75) is 12.2 Å². The Morgan fingerprint density at radius 3 is 2.65 bits per heavy atom. The van der Waals surface area contributed by atoms with E-state index in [1.165, 1.54) is 19.1 Å². The molecule has 1 aromatic rings. The molecule has 1 aromatic carbocycles. The van der Waals surface area contributed by atoms with Crippen molar-refractivity contribution in [3.8, 4) is 11.8 Å². The Kier molecular flexibility index (Phi) is 5.25. The maximum atomic E-state index is 13.6. The van der Waals surface area contributed by atoms with E-state index in [1.807, 2.05) is 0 Å². The predicted octanol–water partition coefficient (Wildman–Crippen LogP) is 0.541. The van der Waals surface area contributed by atoms with Crippen molar-refractivity contribution in [2.24, 2.45) is 0 Å². The fraction of sp³-hybridized carbons (Fsp3) is 0.308. The fourth-order valence-corrected chi connectivity index (χ4v) is 1.72. The molecule has 0 aliphatic carbocycles. The monoisotopic (exact) mass is 299 g/mol. The topological polar surface area (TPSA) is 83.5 Å². The van der Waals surface area contributed by atoms with E-state index in [0.717, 1.165) is 12.3 Å². The summed E-state index contributed by atoms with van der Waals surface area (Å²) in [6.45, 7) is 0.867. The SMILES string of the molecule is CC(C(=O)Nc1ccc(C#CCO)c(F)c1)S(C)(=O)=O. The van der Waals surface area contributed by atoms with Crippen LogP contribution in [-0.4, -0.2) is 37.5 Å². The number of nitrogens with one attached hydrogen (secondary N) is 1. The molecule has 1 atom stereocenters. The first kappa shape index (κ1) is 16.1. The van der Waals surface area contributed by atoms with E-state index in [9.17, 15) is 17.6 Å². The molecule has 1 amide bonds. The van der Waals surface area contributed by atoms with Crippen molar-refractivity contribution in [2.75, 3.05) is 18.2 Å². The Hall–Kier alpha value is -1.91. The summed E-state index contributed by atoms with van der Waals surface area (Å²) in [5, 5.41) is 9.61. The number of anilines is 1. The number of hydrogen-bond donors (Lipinski definition) is 2. The standard InChI is InChI=1S/C13H14FNO4S/c1-9(20(2,18)19)13(17)15-11-6-5-10(4-3-7-16)12(14)8-11/h5-6,8-9,16H,7H2,1-2H3,(H,15,17). The maximum Gasteiger partial charge on any atom is 0.242 e. The van der Waals surface area contributed by atoms with Crippen LogP contribution in [0.25, 0.3) is 0 Å². The third-order valence-corrected chi connectivity index (χ3v) is 4.05. The highest BCUT2D eigenvalue weighted by molar-refractivity contribution is 7.92. The summed E-state index contributed by atoms with van der Waals surface area (Å²) in [5.41, 5.74) is 0.214. The van der Waals surface area contributed by atoms with Gasteiger partial charge in [0.2, 0.25) is 5.91 Å². The summed E-state index contributed by atoms with van der Waals surface area (Å²) < 4.78 is 36.1. The Labute approximate surface area is 116 Å². The van der Waals surface area contributed by atoms with Gasteiger partial charge in [-0.05, 0) is 25.1 Å².